The van der Waals surface area contributed by atoms with Crippen LogP contribution < -0.4 is 0 Å². The molecule has 0 atom stereocenters. The lowest BCUT2D eigenvalue weighted by Crippen LogP contribution is -1.95. The van der Waals surface area contributed by atoms with Crippen molar-refractivity contribution in [1.82, 2.24) is 4.57 Å². The van der Waals surface area contributed by atoms with Crippen molar-refractivity contribution in [1.29, 1.82) is 0 Å². The van der Waals surface area contributed by atoms with Gasteiger partial charge in [0.15, 0.2) is 0 Å². The minimum Gasteiger partial charge on any atom is -0.464 e. The normalized spacial score (nSPS) is 11.2. The van der Waals surface area contributed by atoms with Gasteiger partial charge >= 0.3 is 0 Å². The van der Waals surface area contributed by atoms with Crippen molar-refractivity contribution < 1.29 is 4.42 Å². The maximum absolute atomic E-state index is 5.43. The molecule has 3 aromatic rings. The molecule has 0 amide bonds. The van der Waals surface area contributed by atoms with Crippen LogP contribution in [0.1, 0.15) is 12.6 Å². The van der Waals surface area contributed by atoms with Crippen LogP contribution in [0.15, 0.2) is 47.1 Å². The summed E-state index contributed by atoms with van der Waals surface area (Å²) in [6.07, 6.45) is 1.71. The van der Waals surface area contributed by atoms with Gasteiger partial charge in [-0.3, -0.25) is 0 Å². The van der Waals surface area contributed by atoms with Gasteiger partial charge in [-0.05, 0) is 50.2 Å². The van der Waals surface area contributed by atoms with Crippen molar-refractivity contribution in [2.75, 3.05) is 0 Å². The highest BCUT2D eigenvalue weighted by Gasteiger charge is 2.06. The average molecular weight is 225 g/mol. The predicted molar refractivity (Wildman–Crippen MR) is 70.1 cm³/mol. The number of hydrogen-bond donors (Lipinski definition) is 0. The van der Waals surface area contributed by atoms with Crippen molar-refractivity contribution in [2.45, 2.75) is 20.4 Å². The molecular weight excluding hydrogens is 210 g/mol. The largest absolute Gasteiger partial charge is 0.464 e. The van der Waals surface area contributed by atoms with E-state index in [0.29, 0.717) is 0 Å². The Morgan fingerprint density at radius 1 is 1.18 bits per heavy atom. The molecule has 86 valence electrons. The smallest absolute Gasteiger partial charge is 0.133 e. The van der Waals surface area contributed by atoms with Crippen LogP contribution in [-0.2, 0) is 6.54 Å². The van der Waals surface area contributed by atoms with Crippen LogP contribution in [0, 0.1) is 6.92 Å². The van der Waals surface area contributed by atoms with E-state index in [9.17, 15) is 0 Å². The first-order chi connectivity index (χ1) is 8.29. The first kappa shape index (κ1) is 10.2. The van der Waals surface area contributed by atoms with Gasteiger partial charge in [-0.15, -0.1) is 0 Å². The fraction of sp³-hybridized carbons (Fsp3) is 0.200. The third-order valence-corrected chi connectivity index (χ3v) is 3.23. The van der Waals surface area contributed by atoms with Gasteiger partial charge in [0.1, 0.15) is 5.76 Å². The van der Waals surface area contributed by atoms with Crippen LogP contribution in [0.2, 0.25) is 0 Å². The molecule has 0 radical (unpaired) electrons. The van der Waals surface area contributed by atoms with Gasteiger partial charge in [0.2, 0.25) is 0 Å². The van der Waals surface area contributed by atoms with E-state index in [2.05, 4.69) is 42.7 Å². The Morgan fingerprint density at radius 3 is 2.76 bits per heavy atom. The maximum atomic E-state index is 5.43. The quantitative estimate of drug-likeness (QED) is 0.638. The maximum Gasteiger partial charge on any atom is 0.133 e. The Kier molecular flexibility index (Phi) is 2.29. The SMILES string of the molecule is CCn1c(C)cc2cc(-c3ccco3)ccc21. The van der Waals surface area contributed by atoms with Crippen LogP contribution in [0.3, 0.4) is 0 Å². The Labute approximate surface area is 100 Å². The molecule has 0 unspecified atom stereocenters. The monoisotopic (exact) mass is 225 g/mol. The van der Waals surface area contributed by atoms with E-state index in [-0.39, 0.29) is 0 Å². The van der Waals surface area contributed by atoms with Gasteiger partial charge in [0.05, 0.1) is 6.26 Å². The highest BCUT2D eigenvalue weighted by molar-refractivity contribution is 5.85. The average Bonchev–Trinajstić information content (AvgIpc) is 2.93. The summed E-state index contributed by atoms with van der Waals surface area (Å²) in [7, 11) is 0. The molecule has 2 aromatic heterocycles. The van der Waals surface area contributed by atoms with Gasteiger partial charge in [-0.1, -0.05) is 0 Å². The molecular formula is C15H15NO. The molecule has 0 aliphatic carbocycles. The molecule has 17 heavy (non-hydrogen) atoms. The fourth-order valence-electron chi connectivity index (χ4n) is 2.42. The molecule has 1 aromatic carbocycles. The summed E-state index contributed by atoms with van der Waals surface area (Å²) in [4.78, 5) is 0. The number of benzene rings is 1. The Bertz CT molecular complexity index is 647. The van der Waals surface area contributed by atoms with Crippen LogP contribution in [0.5, 0.6) is 0 Å². The highest BCUT2D eigenvalue weighted by Crippen LogP contribution is 2.26. The van der Waals surface area contributed by atoms with E-state index in [0.717, 1.165) is 17.9 Å². The van der Waals surface area contributed by atoms with E-state index < -0.39 is 0 Å². The topological polar surface area (TPSA) is 18.1 Å². The molecule has 0 fully saturated rings. The molecule has 0 bridgehead atoms. The molecule has 0 spiro atoms. The number of aryl methyl sites for hydroxylation is 2. The Hall–Kier alpha value is -1.96. The number of aromatic nitrogens is 1. The van der Waals surface area contributed by atoms with Crippen molar-refractivity contribution in [3.8, 4) is 11.3 Å². The van der Waals surface area contributed by atoms with E-state index in [1.165, 1.54) is 16.6 Å². The predicted octanol–water partition coefficient (Wildman–Crippen LogP) is 4.23. The molecule has 0 saturated carbocycles. The van der Waals surface area contributed by atoms with Crippen molar-refractivity contribution in [3.05, 3.63) is 48.4 Å². The van der Waals surface area contributed by atoms with Crippen molar-refractivity contribution >= 4 is 10.9 Å². The van der Waals surface area contributed by atoms with Gasteiger partial charge in [0, 0.05) is 28.7 Å². The third kappa shape index (κ3) is 1.57. The lowest BCUT2D eigenvalue weighted by molar-refractivity contribution is 0.582. The molecule has 3 rings (SSSR count). The summed E-state index contributed by atoms with van der Waals surface area (Å²) < 4.78 is 7.75. The van der Waals surface area contributed by atoms with Crippen LogP contribution in [-0.4, -0.2) is 4.57 Å². The van der Waals surface area contributed by atoms with E-state index in [1.807, 2.05) is 12.1 Å². The molecule has 2 heteroatoms. The zero-order valence-electron chi connectivity index (χ0n) is 10.1. The lowest BCUT2D eigenvalue weighted by atomic mass is 10.1. The Morgan fingerprint density at radius 2 is 2.06 bits per heavy atom. The minimum atomic E-state index is 0.925. The first-order valence-electron chi connectivity index (χ1n) is 5.93. The van der Waals surface area contributed by atoms with Crippen LogP contribution >= 0.6 is 0 Å². The number of hydrogen-bond acceptors (Lipinski definition) is 1. The summed E-state index contributed by atoms with van der Waals surface area (Å²) in [6.45, 7) is 5.33. The fourth-order valence-corrected chi connectivity index (χ4v) is 2.42. The number of furan rings is 1. The third-order valence-electron chi connectivity index (χ3n) is 3.23. The van der Waals surface area contributed by atoms with Crippen molar-refractivity contribution in [3.63, 3.8) is 0 Å². The highest BCUT2D eigenvalue weighted by atomic mass is 16.3. The second-order valence-corrected chi connectivity index (χ2v) is 4.28. The lowest BCUT2D eigenvalue weighted by Gasteiger charge is -2.04. The molecule has 0 N–H and O–H groups in total. The second kappa shape index (κ2) is 3.81. The summed E-state index contributed by atoms with van der Waals surface area (Å²) in [5.74, 6) is 0.925. The van der Waals surface area contributed by atoms with E-state index >= 15 is 0 Å². The van der Waals surface area contributed by atoms with Gasteiger partial charge < -0.3 is 8.98 Å². The molecule has 2 nitrogen and oxygen atoms in total. The van der Waals surface area contributed by atoms with Gasteiger partial charge in [-0.25, -0.2) is 0 Å². The van der Waals surface area contributed by atoms with Crippen molar-refractivity contribution in [2.24, 2.45) is 0 Å². The minimum absolute atomic E-state index is 0.925. The Balaban J connectivity index is 2.21. The zero-order chi connectivity index (χ0) is 11.8. The summed E-state index contributed by atoms with van der Waals surface area (Å²) in [5.41, 5.74) is 3.73. The van der Waals surface area contributed by atoms with Gasteiger partial charge in [0.25, 0.3) is 0 Å². The standard InChI is InChI=1S/C15H15NO/c1-3-16-11(2)9-13-10-12(6-7-14(13)16)15-5-4-8-17-15/h4-10H,3H2,1-2H3. The molecule has 0 aliphatic heterocycles. The summed E-state index contributed by atoms with van der Waals surface area (Å²) in [5, 5.41) is 1.28. The number of nitrogens with zero attached hydrogens (tertiary/aromatic N) is 1. The zero-order valence-corrected chi connectivity index (χ0v) is 10.1. The number of rotatable bonds is 2. The summed E-state index contributed by atoms with van der Waals surface area (Å²) >= 11 is 0. The van der Waals surface area contributed by atoms with E-state index in [1.54, 1.807) is 6.26 Å². The molecule has 0 aliphatic rings. The van der Waals surface area contributed by atoms with E-state index in [4.69, 9.17) is 4.42 Å². The number of fused-ring (bicyclic) bond motifs is 1. The van der Waals surface area contributed by atoms with Gasteiger partial charge in [-0.2, -0.15) is 0 Å². The second-order valence-electron chi connectivity index (χ2n) is 4.28. The van der Waals surface area contributed by atoms with Crippen LogP contribution in [0.4, 0.5) is 0 Å². The first-order valence-corrected chi connectivity index (χ1v) is 5.93. The molecule has 0 saturated heterocycles. The summed E-state index contributed by atoms with van der Waals surface area (Å²) in [6, 6.07) is 12.6. The van der Waals surface area contributed by atoms with Crippen LogP contribution in [0.25, 0.3) is 22.2 Å². The molecule has 2 heterocycles.